The molecule has 2 aromatic rings. The summed E-state index contributed by atoms with van der Waals surface area (Å²) in [5.41, 5.74) is -0.543. The van der Waals surface area contributed by atoms with Gasteiger partial charge in [0, 0.05) is 17.6 Å². The van der Waals surface area contributed by atoms with E-state index in [0.717, 1.165) is 10.7 Å². The van der Waals surface area contributed by atoms with Crippen LogP contribution in [-0.4, -0.2) is 24.1 Å². The van der Waals surface area contributed by atoms with Gasteiger partial charge < -0.3 is 0 Å². The number of sulfonamides is 1. The van der Waals surface area contributed by atoms with Crippen LogP contribution >= 0.6 is 11.6 Å². The lowest BCUT2D eigenvalue weighted by molar-refractivity contribution is 0.0974. The Kier molecular flexibility index (Phi) is 4.62. The Morgan fingerprint density at radius 1 is 1.23 bits per heavy atom. The first kappa shape index (κ1) is 16.2. The maximum Gasteiger partial charge on any atom is 0.285 e. The van der Waals surface area contributed by atoms with Crippen LogP contribution in [0.25, 0.3) is 0 Å². The molecule has 0 unspecified atom stereocenters. The second kappa shape index (κ2) is 6.29. The fourth-order valence-electron chi connectivity index (χ4n) is 1.64. The summed E-state index contributed by atoms with van der Waals surface area (Å²) in [5, 5.41) is 4.17. The lowest BCUT2D eigenvalue weighted by Gasteiger charge is -2.07. The highest BCUT2D eigenvalue weighted by molar-refractivity contribution is 7.90. The van der Waals surface area contributed by atoms with E-state index in [4.69, 9.17) is 11.6 Å². The van der Waals surface area contributed by atoms with E-state index in [1.807, 2.05) is 4.72 Å². The fraction of sp³-hybridized carbons (Fsp3) is 0.154. The summed E-state index contributed by atoms with van der Waals surface area (Å²) in [6.07, 6.45) is 0. The summed E-state index contributed by atoms with van der Waals surface area (Å²) in [6, 6.07) is 7.67. The Morgan fingerprint density at radius 3 is 2.45 bits per heavy atom. The summed E-state index contributed by atoms with van der Waals surface area (Å²) in [4.78, 5) is 23.3. The molecule has 1 aromatic carbocycles. The first-order chi connectivity index (χ1) is 10.3. The Hall–Kier alpha value is -2.19. The van der Waals surface area contributed by atoms with Crippen LogP contribution < -0.4 is 10.3 Å². The van der Waals surface area contributed by atoms with Gasteiger partial charge in [0.15, 0.2) is 0 Å². The van der Waals surface area contributed by atoms with Crippen LogP contribution in [0.5, 0.6) is 0 Å². The number of hydrogen-bond donors (Lipinski definition) is 1. The molecule has 1 heterocycles. The first-order valence-electron chi connectivity index (χ1n) is 6.24. The van der Waals surface area contributed by atoms with E-state index >= 15 is 0 Å². The molecule has 0 spiro atoms. The number of nitrogens with zero attached hydrogens (tertiary/aromatic N) is 2. The van der Waals surface area contributed by atoms with Gasteiger partial charge in [-0.1, -0.05) is 11.6 Å². The van der Waals surface area contributed by atoms with E-state index in [1.54, 1.807) is 6.92 Å². The van der Waals surface area contributed by atoms with Gasteiger partial charge in [0.25, 0.3) is 21.5 Å². The lowest BCUT2D eigenvalue weighted by Crippen LogP contribution is -2.33. The van der Waals surface area contributed by atoms with Crippen molar-refractivity contribution in [3.63, 3.8) is 0 Å². The molecule has 0 fully saturated rings. The van der Waals surface area contributed by atoms with Gasteiger partial charge in [-0.3, -0.25) is 9.59 Å². The minimum Gasteiger partial charge on any atom is -0.268 e. The molecule has 9 heteroatoms. The van der Waals surface area contributed by atoms with Crippen molar-refractivity contribution in [1.82, 2.24) is 14.5 Å². The molecular weight excluding hydrogens is 330 g/mol. The quantitative estimate of drug-likeness (QED) is 0.895. The number of halogens is 1. The highest BCUT2D eigenvalue weighted by atomic mass is 35.5. The number of hydrogen-bond acceptors (Lipinski definition) is 5. The van der Waals surface area contributed by atoms with Crippen LogP contribution in [0.2, 0.25) is 5.02 Å². The summed E-state index contributed by atoms with van der Waals surface area (Å²) >= 11 is 5.69. The molecule has 0 saturated carbocycles. The van der Waals surface area contributed by atoms with Gasteiger partial charge >= 0.3 is 0 Å². The number of aromatic nitrogens is 2. The van der Waals surface area contributed by atoms with Crippen molar-refractivity contribution in [2.75, 3.05) is 0 Å². The minimum atomic E-state index is -4.04. The number of aryl methyl sites for hydroxylation is 1. The number of benzene rings is 1. The van der Waals surface area contributed by atoms with E-state index in [2.05, 4.69) is 5.10 Å². The number of rotatable bonds is 4. The predicted molar refractivity (Wildman–Crippen MR) is 80.3 cm³/mol. The van der Waals surface area contributed by atoms with E-state index < -0.39 is 15.9 Å². The monoisotopic (exact) mass is 341 g/mol. The van der Waals surface area contributed by atoms with Crippen LogP contribution in [0.3, 0.4) is 0 Å². The van der Waals surface area contributed by atoms with Crippen molar-refractivity contribution in [3.05, 3.63) is 57.5 Å². The third-order valence-electron chi connectivity index (χ3n) is 2.75. The maximum absolute atomic E-state index is 12.1. The van der Waals surface area contributed by atoms with E-state index in [1.165, 1.54) is 30.3 Å². The Morgan fingerprint density at radius 2 is 1.86 bits per heavy atom. The van der Waals surface area contributed by atoms with Crippen molar-refractivity contribution >= 4 is 27.5 Å². The summed E-state index contributed by atoms with van der Waals surface area (Å²) in [7, 11) is -4.04. The van der Waals surface area contributed by atoms with Crippen LogP contribution in [0, 0.1) is 0 Å². The van der Waals surface area contributed by atoms with Crippen molar-refractivity contribution in [1.29, 1.82) is 0 Å². The minimum absolute atomic E-state index is 0.103. The Labute approximate surface area is 131 Å². The van der Waals surface area contributed by atoms with Crippen LogP contribution in [-0.2, 0) is 16.6 Å². The zero-order valence-electron chi connectivity index (χ0n) is 11.5. The van der Waals surface area contributed by atoms with E-state index in [9.17, 15) is 18.0 Å². The maximum atomic E-state index is 12.1. The molecule has 0 aliphatic rings. The van der Waals surface area contributed by atoms with Crippen molar-refractivity contribution in [3.8, 4) is 0 Å². The normalized spacial score (nSPS) is 11.2. The van der Waals surface area contributed by atoms with Crippen molar-refractivity contribution < 1.29 is 13.2 Å². The molecular formula is C13H12ClN3O4S. The number of carbonyl (C=O) groups excluding carboxylic acids is 1. The number of amides is 1. The average Bonchev–Trinajstić information content (AvgIpc) is 2.47. The van der Waals surface area contributed by atoms with Gasteiger partial charge in [0.05, 0.1) is 4.90 Å². The molecule has 0 radical (unpaired) electrons. The van der Waals surface area contributed by atoms with Gasteiger partial charge in [-0.2, -0.15) is 5.10 Å². The van der Waals surface area contributed by atoms with Crippen LogP contribution in [0.4, 0.5) is 0 Å². The second-order valence-corrected chi connectivity index (χ2v) is 6.38. The summed E-state index contributed by atoms with van der Waals surface area (Å²) in [6.45, 7) is 1.95. The molecule has 2 rings (SSSR count). The fourth-order valence-corrected chi connectivity index (χ4v) is 2.73. The van der Waals surface area contributed by atoms with Crippen molar-refractivity contribution in [2.24, 2.45) is 0 Å². The molecule has 1 amide bonds. The molecule has 0 aliphatic carbocycles. The third-order valence-corrected chi connectivity index (χ3v) is 4.35. The summed E-state index contributed by atoms with van der Waals surface area (Å²) < 4.78 is 27.1. The zero-order valence-corrected chi connectivity index (χ0v) is 13.1. The molecule has 22 heavy (non-hydrogen) atoms. The molecule has 116 valence electrons. The second-order valence-electron chi connectivity index (χ2n) is 4.26. The average molecular weight is 342 g/mol. The highest BCUT2D eigenvalue weighted by Crippen LogP contribution is 2.14. The van der Waals surface area contributed by atoms with Gasteiger partial charge in [-0.05, 0) is 37.3 Å². The Balaban J connectivity index is 2.28. The topological polar surface area (TPSA) is 98.1 Å². The molecule has 0 saturated heterocycles. The zero-order chi connectivity index (χ0) is 16.3. The molecule has 0 atom stereocenters. The molecule has 7 nitrogen and oxygen atoms in total. The number of nitrogens with one attached hydrogen (secondary N) is 1. The lowest BCUT2D eigenvalue weighted by atomic mass is 10.4. The molecule has 1 aromatic heterocycles. The van der Waals surface area contributed by atoms with Crippen LogP contribution in [0.1, 0.15) is 17.4 Å². The van der Waals surface area contributed by atoms with E-state index in [0.29, 0.717) is 5.02 Å². The van der Waals surface area contributed by atoms with Gasteiger partial charge in [-0.15, -0.1) is 0 Å². The molecule has 0 aliphatic heterocycles. The SMILES string of the molecule is CCn1nc(C(=O)NS(=O)(=O)c2ccc(Cl)cc2)ccc1=O. The van der Waals surface area contributed by atoms with Crippen molar-refractivity contribution in [2.45, 2.75) is 18.4 Å². The molecule has 1 N–H and O–H groups in total. The smallest absolute Gasteiger partial charge is 0.268 e. The number of carbonyl (C=O) groups is 1. The molecule has 0 bridgehead atoms. The van der Waals surface area contributed by atoms with Crippen LogP contribution in [0.15, 0.2) is 46.1 Å². The van der Waals surface area contributed by atoms with E-state index in [-0.39, 0.29) is 22.7 Å². The van der Waals surface area contributed by atoms with Gasteiger partial charge in [0.1, 0.15) is 5.69 Å². The predicted octanol–water partition coefficient (Wildman–Crippen LogP) is 1.04. The summed E-state index contributed by atoms with van der Waals surface area (Å²) in [5.74, 6) is -0.919. The van der Waals surface area contributed by atoms with Gasteiger partial charge in [-0.25, -0.2) is 17.8 Å². The Bertz CT molecular complexity index is 860. The standard InChI is InChI=1S/C13H12ClN3O4S/c1-2-17-12(18)8-7-11(15-17)13(19)16-22(20,21)10-5-3-9(14)4-6-10/h3-8H,2H2,1H3,(H,16,19). The third kappa shape index (κ3) is 3.52. The highest BCUT2D eigenvalue weighted by Gasteiger charge is 2.20. The van der Waals surface area contributed by atoms with Gasteiger partial charge in [0.2, 0.25) is 0 Å². The first-order valence-corrected chi connectivity index (χ1v) is 8.10. The largest absolute Gasteiger partial charge is 0.285 e.